The molecule has 0 radical (unpaired) electrons. The topological polar surface area (TPSA) is 67.8 Å². The lowest BCUT2D eigenvalue weighted by molar-refractivity contribution is 0.0528. The van der Waals surface area contributed by atoms with Gasteiger partial charge in [-0.1, -0.05) is 12.7 Å². The van der Waals surface area contributed by atoms with Gasteiger partial charge in [-0.3, -0.25) is 0 Å². The van der Waals surface area contributed by atoms with Crippen LogP contribution in [-0.4, -0.2) is 30.0 Å². The van der Waals surface area contributed by atoms with E-state index in [-0.39, 0.29) is 5.75 Å². The van der Waals surface area contributed by atoms with Crippen molar-refractivity contribution in [1.82, 2.24) is 5.32 Å². The molecule has 0 aromatic heterocycles. The van der Waals surface area contributed by atoms with Crippen LogP contribution in [0.15, 0.2) is 29.3 Å². The molecule has 0 spiro atoms. The van der Waals surface area contributed by atoms with Gasteiger partial charge in [0.25, 0.3) is 0 Å². The van der Waals surface area contributed by atoms with Crippen LogP contribution in [0, 0.1) is 0 Å². The van der Waals surface area contributed by atoms with Crippen LogP contribution in [-0.2, 0) is 11.2 Å². The Balaban J connectivity index is 2.69. The third-order valence-electron chi connectivity index (χ3n) is 2.58. The van der Waals surface area contributed by atoms with Crippen LogP contribution < -0.4 is 10.1 Å². The van der Waals surface area contributed by atoms with Crippen molar-refractivity contribution in [2.45, 2.75) is 32.8 Å². The van der Waals surface area contributed by atoms with E-state index in [4.69, 9.17) is 9.47 Å². The number of carbonyl (C=O) groups is 1. The van der Waals surface area contributed by atoms with Gasteiger partial charge in [-0.25, -0.2) is 4.79 Å². The monoisotopic (exact) mass is 371 g/mol. The van der Waals surface area contributed by atoms with Crippen molar-refractivity contribution in [1.29, 1.82) is 0 Å². The zero-order valence-corrected chi connectivity index (χ0v) is 14.7. The number of ether oxygens (including phenoxy) is 2. The largest absolute Gasteiger partial charge is 0.507 e. The molecule has 0 fully saturated rings. The van der Waals surface area contributed by atoms with E-state index in [0.29, 0.717) is 29.8 Å². The van der Waals surface area contributed by atoms with Gasteiger partial charge in [-0.05, 0) is 55.3 Å². The highest BCUT2D eigenvalue weighted by atomic mass is 79.9. The minimum atomic E-state index is -0.534. The van der Waals surface area contributed by atoms with Crippen LogP contribution in [0.2, 0.25) is 0 Å². The van der Waals surface area contributed by atoms with Gasteiger partial charge >= 0.3 is 6.09 Å². The number of hydrogen-bond donors (Lipinski definition) is 2. The third kappa shape index (κ3) is 5.97. The van der Waals surface area contributed by atoms with Crippen molar-refractivity contribution < 1.29 is 19.4 Å². The Labute approximate surface area is 139 Å². The number of phenolic OH excluding ortho intramolecular Hbond substituents is 1. The van der Waals surface area contributed by atoms with E-state index in [1.54, 1.807) is 39.0 Å². The van der Waals surface area contributed by atoms with Gasteiger partial charge in [-0.15, -0.1) is 0 Å². The highest BCUT2D eigenvalue weighted by Gasteiger charge is 2.17. The van der Waals surface area contributed by atoms with Crippen molar-refractivity contribution >= 4 is 22.0 Å². The second-order valence-electron chi connectivity index (χ2n) is 5.65. The van der Waals surface area contributed by atoms with E-state index in [1.807, 2.05) is 0 Å². The Kier molecular flexibility index (Phi) is 6.74. The fourth-order valence-corrected chi connectivity index (χ4v) is 2.24. The number of benzene rings is 1. The third-order valence-corrected chi connectivity index (χ3v) is 3.46. The summed E-state index contributed by atoms with van der Waals surface area (Å²) in [5.74, 6) is 0.758. The number of hydrogen-bond acceptors (Lipinski definition) is 4. The highest BCUT2D eigenvalue weighted by Crippen LogP contribution is 2.34. The first-order chi connectivity index (χ1) is 10.2. The standard InChI is InChI=1S/C16H22BrNO4/c1-5-10-21-13-7-6-12(19)14(17)11(13)8-9-18-15(20)22-16(2,3)4/h5-7,19H,1,8-10H2,2-4H3,(H,18,20). The molecule has 1 amide bonds. The number of carbonyl (C=O) groups excluding carboxylic acids is 1. The number of aromatic hydroxyl groups is 1. The van der Waals surface area contributed by atoms with E-state index < -0.39 is 11.7 Å². The van der Waals surface area contributed by atoms with Crippen molar-refractivity contribution in [3.63, 3.8) is 0 Å². The lowest BCUT2D eigenvalue weighted by atomic mass is 10.1. The lowest BCUT2D eigenvalue weighted by Gasteiger charge is -2.20. The predicted molar refractivity (Wildman–Crippen MR) is 89.4 cm³/mol. The molecule has 0 saturated carbocycles. The molecular formula is C16H22BrNO4. The van der Waals surface area contributed by atoms with Gasteiger partial charge in [0.05, 0.1) is 4.47 Å². The van der Waals surface area contributed by atoms with E-state index >= 15 is 0 Å². The van der Waals surface area contributed by atoms with Crippen LogP contribution in [0.5, 0.6) is 11.5 Å². The number of rotatable bonds is 6. The molecule has 1 aromatic rings. The molecule has 5 nitrogen and oxygen atoms in total. The average molecular weight is 372 g/mol. The van der Waals surface area contributed by atoms with Crippen LogP contribution in [0.1, 0.15) is 26.3 Å². The lowest BCUT2D eigenvalue weighted by Crippen LogP contribution is -2.33. The summed E-state index contributed by atoms with van der Waals surface area (Å²) in [5, 5.41) is 12.5. The molecule has 0 bridgehead atoms. The smallest absolute Gasteiger partial charge is 0.407 e. The predicted octanol–water partition coefficient (Wildman–Crippen LogP) is 3.79. The molecule has 0 aliphatic carbocycles. The summed E-state index contributed by atoms with van der Waals surface area (Å²) >= 11 is 3.34. The summed E-state index contributed by atoms with van der Waals surface area (Å²) in [6, 6.07) is 3.24. The Bertz CT molecular complexity index is 538. The number of halogens is 1. The maximum atomic E-state index is 11.6. The second-order valence-corrected chi connectivity index (χ2v) is 6.45. The summed E-state index contributed by atoms with van der Waals surface area (Å²) < 4.78 is 11.3. The SMILES string of the molecule is C=CCOc1ccc(O)c(Br)c1CCNC(=O)OC(C)(C)C. The molecule has 0 aliphatic rings. The molecule has 0 atom stereocenters. The van der Waals surface area contributed by atoms with Gasteiger partial charge < -0.3 is 19.9 Å². The first-order valence-corrected chi connectivity index (χ1v) is 7.75. The number of nitrogens with one attached hydrogen (secondary N) is 1. The average Bonchev–Trinajstić information content (AvgIpc) is 2.40. The summed E-state index contributed by atoms with van der Waals surface area (Å²) in [5.41, 5.74) is 0.242. The molecule has 0 aliphatic heterocycles. The maximum absolute atomic E-state index is 11.6. The van der Waals surface area contributed by atoms with E-state index in [2.05, 4.69) is 27.8 Å². The Morgan fingerprint density at radius 2 is 2.14 bits per heavy atom. The molecule has 0 saturated heterocycles. The summed E-state index contributed by atoms with van der Waals surface area (Å²) in [6.07, 6.45) is 1.65. The number of alkyl carbamates (subject to hydrolysis) is 1. The maximum Gasteiger partial charge on any atom is 0.407 e. The molecule has 2 N–H and O–H groups in total. The molecule has 1 aromatic carbocycles. The highest BCUT2D eigenvalue weighted by molar-refractivity contribution is 9.10. The zero-order valence-electron chi connectivity index (χ0n) is 13.1. The van der Waals surface area contributed by atoms with Gasteiger partial charge in [-0.2, -0.15) is 0 Å². The zero-order chi connectivity index (χ0) is 16.8. The molecular weight excluding hydrogens is 350 g/mol. The quantitative estimate of drug-likeness (QED) is 0.746. The van der Waals surface area contributed by atoms with E-state index in [1.165, 1.54) is 0 Å². The second kappa shape index (κ2) is 8.08. The minimum absolute atomic E-state index is 0.123. The van der Waals surface area contributed by atoms with Gasteiger partial charge in [0.1, 0.15) is 23.7 Å². The van der Waals surface area contributed by atoms with Crippen molar-refractivity contribution in [2.24, 2.45) is 0 Å². The van der Waals surface area contributed by atoms with Crippen LogP contribution in [0.25, 0.3) is 0 Å². The molecule has 22 heavy (non-hydrogen) atoms. The Morgan fingerprint density at radius 3 is 2.73 bits per heavy atom. The molecule has 0 heterocycles. The van der Waals surface area contributed by atoms with Crippen LogP contribution in [0.3, 0.4) is 0 Å². The molecule has 1 rings (SSSR count). The van der Waals surface area contributed by atoms with Gasteiger partial charge in [0, 0.05) is 12.1 Å². The van der Waals surface area contributed by atoms with Gasteiger partial charge in [0.15, 0.2) is 0 Å². The minimum Gasteiger partial charge on any atom is -0.507 e. The molecule has 6 heteroatoms. The van der Waals surface area contributed by atoms with E-state index in [0.717, 1.165) is 5.56 Å². The Morgan fingerprint density at radius 1 is 1.45 bits per heavy atom. The summed E-state index contributed by atoms with van der Waals surface area (Å²) in [4.78, 5) is 11.6. The Hall–Kier alpha value is -1.69. The normalized spacial score (nSPS) is 10.9. The van der Waals surface area contributed by atoms with E-state index in [9.17, 15) is 9.90 Å². The fourth-order valence-electron chi connectivity index (χ4n) is 1.71. The number of phenols is 1. The molecule has 122 valence electrons. The van der Waals surface area contributed by atoms with Crippen LogP contribution >= 0.6 is 15.9 Å². The molecule has 0 unspecified atom stereocenters. The first-order valence-electron chi connectivity index (χ1n) is 6.95. The van der Waals surface area contributed by atoms with Gasteiger partial charge in [0.2, 0.25) is 0 Å². The fraction of sp³-hybridized carbons (Fsp3) is 0.438. The van der Waals surface area contributed by atoms with Crippen molar-refractivity contribution in [2.75, 3.05) is 13.2 Å². The summed E-state index contributed by atoms with van der Waals surface area (Å²) in [6.45, 7) is 9.75. The van der Waals surface area contributed by atoms with Crippen LogP contribution in [0.4, 0.5) is 4.79 Å². The van der Waals surface area contributed by atoms with Crippen molar-refractivity contribution in [3.8, 4) is 11.5 Å². The number of amides is 1. The first kappa shape index (κ1) is 18.4. The summed E-state index contributed by atoms with van der Waals surface area (Å²) in [7, 11) is 0. The van der Waals surface area contributed by atoms with Crippen molar-refractivity contribution in [3.05, 3.63) is 34.8 Å².